The molecule has 0 spiro atoms. The quantitative estimate of drug-likeness (QED) is 0.198. The molecular weight excluding hydrogens is 518 g/mol. The minimum atomic E-state index is -0.839. The summed E-state index contributed by atoms with van der Waals surface area (Å²) in [5.74, 6) is -0.143. The minimum absolute atomic E-state index is 0.142. The molecule has 1 aliphatic carbocycles. The largest absolute Gasteiger partial charge is 0.508 e. The summed E-state index contributed by atoms with van der Waals surface area (Å²) in [5.41, 5.74) is 4.95. The Hall–Kier alpha value is -4.18. The molecule has 10 heteroatoms. The molecular formula is C29H31N3O6S. The van der Waals surface area contributed by atoms with Gasteiger partial charge < -0.3 is 19.9 Å². The van der Waals surface area contributed by atoms with Gasteiger partial charge >= 0.3 is 5.97 Å². The molecule has 1 heterocycles. The van der Waals surface area contributed by atoms with Crippen molar-refractivity contribution in [2.24, 2.45) is 11.0 Å². The Morgan fingerprint density at radius 2 is 1.87 bits per heavy atom. The summed E-state index contributed by atoms with van der Waals surface area (Å²) in [7, 11) is 0. The summed E-state index contributed by atoms with van der Waals surface area (Å²) in [6, 6.07) is 12.8. The second-order valence-corrected chi connectivity index (χ2v) is 10.4. The molecule has 1 aliphatic rings. The molecule has 1 aromatic heterocycles. The first-order valence-electron chi connectivity index (χ1n) is 12.8. The normalized spacial score (nSPS) is 15.3. The van der Waals surface area contributed by atoms with E-state index in [1.807, 2.05) is 0 Å². The van der Waals surface area contributed by atoms with Crippen LogP contribution in [0.2, 0.25) is 0 Å². The van der Waals surface area contributed by atoms with Crippen molar-refractivity contribution in [2.45, 2.75) is 46.1 Å². The summed E-state index contributed by atoms with van der Waals surface area (Å²) in [4.78, 5) is 39.2. The first kappa shape index (κ1) is 27.8. The predicted molar refractivity (Wildman–Crippen MR) is 150 cm³/mol. The van der Waals surface area contributed by atoms with E-state index in [9.17, 15) is 19.5 Å². The summed E-state index contributed by atoms with van der Waals surface area (Å²) in [5, 5.41) is 16.6. The number of fused-ring (bicyclic) bond motifs is 1. The van der Waals surface area contributed by atoms with Crippen molar-refractivity contribution >= 4 is 40.3 Å². The van der Waals surface area contributed by atoms with Crippen molar-refractivity contribution in [1.29, 1.82) is 0 Å². The number of hydrogen-bond acceptors (Lipinski definition) is 8. The monoisotopic (exact) mass is 549 g/mol. The van der Waals surface area contributed by atoms with Gasteiger partial charge in [-0.3, -0.25) is 9.59 Å². The van der Waals surface area contributed by atoms with Gasteiger partial charge in [-0.1, -0.05) is 6.92 Å². The number of phenolic OH excluding ortho intramolecular Hbond substituents is 1. The van der Waals surface area contributed by atoms with Crippen molar-refractivity contribution in [3.63, 3.8) is 0 Å². The minimum Gasteiger partial charge on any atom is -0.508 e. The number of carbonyl (C=O) groups is 3. The van der Waals surface area contributed by atoms with E-state index in [0.29, 0.717) is 33.4 Å². The molecule has 4 rings (SSSR count). The van der Waals surface area contributed by atoms with Crippen molar-refractivity contribution in [3.05, 3.63) is 75.7 Å². The maximum atomic E-state index is 13.0. The van der Waals surface area contributed by atoms with Crippen LogP contribution in [0.3, 0.4) is 0 Å². The standard InChI is InChI=1S/C29H31N3O6S/c1-4-37-29(36)25-23-14-5-17(2)15-24(23)39-28(25)31-27(35)20-8-12-22(13-9-20)38-18(3)26(34)32-30-16-19-6-10-21(33)11-7-19/h6-13,16-18,33H,4-5,14-15H2,1-3H3,(H,31,35)(H,32,34). The first-order valence-corrected chi connectivity index (χ1v) is 13.6. The lowest BCUT2D eigenvalue weighted by Gasteiger charge is -2.18. The van der Waals surface area contributed by atoms with Crippen LogP contribution in [0.15, 0.2) is 53.6 Å². The molecule has 0 bridgehead atoms. The Morgan fingerprint density at radius 1 is 1.15 bits per heavy atom. The highest BCUT2D eigenvalue weighted by Gasteiger charge is 2.29. The third kappa shape index (κ3) is 7.02. The van der Waals surface area contributed by atoms with Crippen molar-refractivity contribution in [1.82, 2.24) is 5.43 Å². The second-order valence-electron chi connectivity index (χ2n) is 9.34. The molecule has 0 saturated heterocycles. The Labute approximate surface area is 230 Å². The number of hydrazone groups is 1. The van der Waals surface area contributed by atoms with Crippen molar-refractivity contribution < 1.29 is 29.0 Å². The van der Waals surface area contributed by atoms with Gasteiger partial charge in [-0.15, -0.1) is 11.3 Å². The number of benzene rings is 2. The third-order valence-electron chi connectivity index (χ3n) is 6.30. The number of carbonyl (C=O) groups excluding carboxylic acids is 3. The van der Waals surface area contributed by atoms with Crippen molar-refractivity contribution in [2.75, 3.05) is 11.9 Å². The number of ether oxygens (including phenoxy) is 2. The molecule has 39 heavy (non-hydrogen) atoms. The molecule has 0 saturated carbocycles. The number of anilines is 1. The van der Waals surface area contributed by atoms with Crippen LogP contribution in [0.5, 0.6) is 11.5 Å². The van der Waals surface area contributed by atoms with Crippen LogP contribution in [0.25, 0.3) is 0 Å². The van der Waals surface area contributed by atoms with Gasteiger partial charge in [0, 0.05) is 10.4 Å². The second kappa shape index (κ2) is 12.6. The molecule has 204 valence electrons. The predicted octanol–water partition coefficient (Wildman–Crippen LogP) is 4.93. The summed E-state index contributed by atoms with van der Waals surface area (Å²) in [6.45, 7) is 5.79. The number of aromatic hydroxyl groups is 1. The van der Waals surface area contributed by atoms with Gasteiger partial charge in [-0.25, -0.2) is 10.2 Å². The van der Waals surface area contributed by atoms with Crippen LogP contribution >= 0.6 is 11.3 Å². The lowest BCUT2D eigenvalue weighted by Crippen LogP contribution is -2.33. The number of nitrogens with zero attached hydrogens (tertiary/aromatic N) is 1. The zero-order chi connectivity index (χ0) is 27.9. The van der Waals surface area contributed by atoms with Crippen LogP contribution in [0, 0.1) is 5.92 Å². The molecule has 2 aromatic carbocycles. The van der Waals surface area contributed by atoms with Gasteiger partial charge in [0.05, 0.1) is 18.4 Å². The molecule has 3 N–H and O–H groups in total. The van der Waals surface area contributed by atoms with Crippen LogP contribution < -0.4 is 15.5 Å². The molecule has 2 atom stereocenters. The molecule has 0 fully saturated rings. The van der Waals surface area contributed by atoms with Gasteiger partial charge in [0.15, 0.2) is 6.10 Å². The number of thiophene rings is 1. The van der Waals surface area contributed by atoms with E-state index in [0.717, 1.165) is 29.7 Å². The Morgan fingerprint density at radius 3 is 2.56 bits per heavy atom. The lowest BCUT2D eigenvalue weighted by molar-refractivity contribution is -0.127. The van der Waals surface area contributed by atoms with Crippen LogP contribution in [-0.2, 0) is 22.4 Å². The average molecular weight is 550 g/mol. The van der Waals surface area contributed by atoms with Crippen LogP contribution in [0.1, 0.15) is 63.9 Å². The average Bonchev–Trinajstić information content (AvgIpc) is 3.27. The van der Waals surface area contributed by atoms with E-state index < -0.39 is 18.0 Å². The smallest absolute Gasteiger partial charge is 0.341 e. The van der Waals surface area contributed by atoms with E-state index in [2.05, 4.69) is 22.8 Å². The lowest BCUT2D eigenvalue weighted by atomic mass is 9.88. The molecule has 9 nitrogen and oxygen atoms in total. The maximum Gasteiger partial charge on any atom is 0.341 e. The summed E-state index contributed by atoms with van der Waals surface area (Å²) in [6.07, 6.45) is 3.27. The highest BCUT2D eigenvalue weighted by molar-refractivity contribution is 7.17. The third-order valence-corrected chi connectivity index (χ3v) is 7.47. The SMILES string of the molecule is CCOC(=O)c1c(NC(=O)c2ccc(OC(C)C(=O)NN=Cc3ccc(O)cc3)cc2)sc2c1CCC(C)C2. The van der Waals surface area contributed by atoms with E-state index in [1.165, 1.54) is 29.7 Å². The van der Waals surface area contributed by atoms with Gasteiger partial charge in [0.25, 0.3) is 11.8 Å². The summed E-state index contributed by atoms with van der Waals surface area (Å²) < 4.78 is 11.0. The van der Waals surface area contributed by atoms with Crippen molar-refractivity contribution in [3.8, 4) is 11.5 Å². The van der Waals surface area contributed by atoms with E-state index in [-0.39, 0.29) is 18.3 Å². The number of hydrogen-bond donors (Lipinski definition) is 3. The van der Waals surface area contributed by atoms with E-state index in [1.54, 1.807) is 50.2 Å². The fourth-order valence-corrected chi connectivity index (χ4v) is 5.59. The fourth-order valence-electron chi connectivity index (χ4n) is 4.20. The van der Waals surface area contributed by atoms with Gasteiger partial charge in [-0.2, -0.15) is 5.10 Å². The highest BCUT2D eigenvalue weighted by atomic mass is 32.1. The van der Waals surface area contributed by atoms with Gasteiger partial charge in [0.2, 0.25) is 0 Å². The maximum absolute atomic E-state index is 13.0. The number of phenols is 1. The fraction of sp³-hybridized carbons (Fsp3) is 0.310. The van der Waals surface area contributed by atoms with Gasteiger partial charge in [0.1, 0.15) is 16.5 Å². The molecule has 3 aromatic rings. The first-order chi connectivity index (χ1) is 18.7. The topological polar surface area (TPSA) is 126 Å². The molecule has 0 radical (unpaired) electrons. The molecule has 2 unspecified atom stereocenters. The number of esters is 1. The molecule has 0 aliphatic heterocycles. The Kier molecular flexibility index (Phi) is 8.98. The zero-order valence-corrected chi connectivity index (χ0v) is 22.8. The van der Waals surface area contributed by atoms with Gasteiger partial charge in [-0.05, 0) is 98.7 Å². The zero-order valence-electron chi connectivity index (χ0n) is 22.0. The van der Waals surface area contributed by atoms with E-state index in [4.69, 9.17) is 9.47 Å². The van der Waals surface area contributed by atoms with Crippen LogP contribution in [-0.4, -0.2) is 41.8 Å². The number of nitrogens with one attached hydrogen (secondary N) is 2. The summed E-state index contributed by atoms with van der Waals surface area (Å²) >= 11 is 1.44. The van der Waals surface area contributed by atoms with E-state index >= 15 is 0 Å². The number of rotatable bonds is 9. The Balaban J connectivity index is 1.37. The highest BCUT2D eigenvalue weighted by Crippen LogP contribution is 2.40. The molecule has 2 amide bonds. The number of amides is 2. The Bertz CT molecular complexity index is 1360. The van der Waals surface area contributed by atoms with Crippen LogP contribution in [0.4, 0.5) is 5.00 Å².